The Morgan fingerprint density at radius 2 is 1.76 bits per heavy atom. The Morgan fingerprint density at radius 1 is 1.00 bits per heavy atom. The minimum Gasteiger partial charge on any atom is -0.339 e. The van der Waals surface area contributed by atoms with Crippen molar-refractivity contribution in [3.63, 3.8) is 0 Å². The van der Waals surface area contributed by atoms with Gasteiger partial charge < -0.3 is 10.2 Å². The van der Waals surface area contributed by atoms with Gasteiger partial charge in [-0.15, -0.1) is 11.8 Å². The average molecular weight is 354 g/mol. The topological polar surface area (TPSA) is 49.4 Å². The Bertz CT molecular complexity index is 727. The molecule has 25 heavy (non-hydrogen) atoms. The Hall–Kier alpha value is -2.27. The molecule has 0 unspecified atom stereocenters. The van der Waals surface area contributed by atoms with Gasteiger partial charge in [0, 0.05) is 41.4 Å². The molecule has 1 aliphatic heterocycles. The van der Waals surface area contributed by atoms with Crippen molar-refractivity contribution in [1.82, 2.24) is 4.90 Å². The molecule has 1 N–H and O–H groups in total. The van der Waals surface area contributed by atoms with Gasteiger partial charge in [0.25, 0.3) is 5.91 Å². The number of likely N-dealkylation sites (tertiary alicyclic amines) is 1. The minimum atomic E-state index is -0.0331. The summed E-state index contributed by atoms with van der Waals surface area (Å²) in [5, 5.41) is 2.89. The minimum absolute atomic E-state index is 0.0331. The lowest BCUT2D eigenvalue weighted by Gasteiger charge is -2.15. The van der Waals surface area contributed by atoms with E-state index in [1.165, 1.54) is 0 Å². The molecule has 0 saturated carbocycles. The fraction of sp³-hybridized carbons (Fsp3) is 0.300. The van der Waals surface area contributed by atoms with Crippen molar-refractivity contribution in [3.05, 3.63) is 60.2 Å². The van der Waals surface area contributed by atoms with Crippen LogP contribution in [0.3, 0.4) is 0 Å². The van der Waals surface area contributed by atoms with Crippen molar-refractivity contribution in [3.8, 4) is 0 Å². The van der Waals surface area contributed by atoms with Gasteiger partial charge in [0.15, 0.2) is 0 Å². The number of benzene rings is 2. The van der Waals surface area contributed by atoms with Crippen LogP contribution >= 0.6 is 11.8 Å². The average Bonchev–Trinajstić information content (AvgIpc) is 3.17. The van der Waals surface area contributed by atoms with E-state index in [9.17, 15) is 9.59 Å². The molecule has 0 atom stereocenters. The first kappa shape index (κ1) is 17.5. The van der Waals surface area contributed by atoms with Gasteiger partial charge in [-0.05, 0) is 43.2 Å². The highest BCUT2D eigenvalue weighted by Crippen LogP contribution is 2.19. The fourth-order valence-corrected chi connectivity index (χ4v) is 3.71. The van der Waals surface area contributed by atoms with Crippen LogP contribution in [0.5, 0.6) is 0 Å². The quantitative estimate of drug-likeness (QED) is 0.797. The molecule has 0 aromatic heterocycles. The fourth-order valence-electron chi connectivity index (χ4n) is 2.83. The smallest absolute Gasteiger partial charge is 0.253 e. The molecule has 5 heteroatoms. The molecule has 0 spiro atoms. The van der Waals surface area contributed by atoms with Gasteiger partial charge in [-0.1, -0.05) is 24.3 Å². The van der Waals surface area contributed by atoms with E-state index in [-0.39, 0.29) is 11.8 Å². The lowest BCUT2D eigenvalue weighted by Crippen LogP contribution is -2.27. The first-order valence-electron chi connectivity index (χ1n) is 8.59. The maximum absolute atomic E-state index is 12.4. The highest BCUT2D eigenvalue weighted by atomic mass is 32.2. The maximum atomic E-state index is 12.4. The number of carbonyl (C=O) groups excluding carboxylic acids is 2. The third-order valence-electron chi connectivity index (χ3n) is 4.13. The maximum Gasteiger partial charge on any atom is 0.253 e. The van der Waals surface area contributed by atoms with Crippen LogP contribution in [0.15, 0.2) is 59.5 Å². The number of thioether (sulfide) groups is 1. The molecule has 0 bridgehead atoms. The summed E-state index contributed by atoms with van der Waals surface area (Å²) in [6, 6.07) is 17.3. The van der Waals surface area contributed by atoms with Crippen LogP contribution in [-0.4, -0.2) is 35.6 Å². The SMILES string of the molecule is O=C(CCSc1ccccc1)Nc1cccc(C(=O)N2CCCC2)c1. The summed E-state index contributed by atoms with van der Waals surface area (Å²) < 4.78 is 0. The third kappa shape index (κ3) is 5.10. The number of amides is 2. The predicted molar refractivity (Wildman–Crippen MR) is 102 cm³/mol. The van der Waals surface area contributed by atoms with Crippen LogP contribution < -0.4 is 5.32 Å². The van der Waals surface area contributed by atoms with E-state index in [2.05, 4.69) is 5.32 Å². The number of carbonyl (C=O) groups is 2. The number of anilines is 1. The van der Waals surface area contributed by atoms with Crippen LogP contribution in [0.25, 0.3) is 0 Å². The van der Waals surface area contributed by atoms with Gasteiger partial charge in [-0.2, -0.15) is 0 Å². The van der Waals surface area contributed by atoms with Crippen molar-refractivity contribution >= 4 is 29.3 Å². The summed E-state index contributed by atoms with van der Waals surface area (Å²) in [6.45, 7) is 1.65. The molecular weight excluding hydrogens is 332 g/mol. The molecule has 4 nitrogen and oxygen atoms in total. The Labute approximate surface area is 152 Å². The van der Waals surface area contributed by atoms with E-state index in [0.29, 0.717) is 17.7 Å². The molecule has 130 valence electrons. The zero-order valence-corrected chi connectivity index (χ0v) is 14.9. The van der Waals surface area contributed by atoms with Crippen LogP contribution in [0, 0.1) is 0 Å². The summed E-state index contributed by atoms with van der Waals surface area (Å²) in [6.07, 6.45) is 2.58. The lowest BCUT2D eigenvalue weighted by molar-refractivity contribution is -0.115. The van der Waals surface area contributed by atoms with Gasteiger partial charge in [-0.3, -0.25) is 9.59 Å². The zero-order chi connectivity index (χ0) is 17.5. The molecule has 2 aromatic carbocycles. The molecule has 1 heterocycles. The molecule has 0 aliphatic carbocycles. The Balaban J connectivity index is 1.51. The van der Waals surface area contributed by atoms with Crippen molar-refractivity contribution in [2.24, 2.45) is 0 Å². The molecule has 1 saturated heterocycles. The van der Waals surface area contributed by atoms with Crippen molar-refractivity contribution < 1.29 is 9.59 Å². The first-order valence-corrected chi connectivity index (χ1v) is 9.58. The summed E-state index contributed by atoms with van der Waals surface area (Å²) in [5.41, 5.74) is 1.32. The normalized spacial score (nSPS) is 13.7. The Kier molecular flexibility index (Phi) is 6.12. The zero-order valence-electron chi connectivity index (χ0n) is 14.1. The molecule has 1 fully saturated rings. The molecule has 0 radical (unpaired) electrons. The van der Waals surface area contributed by atoms with Gasteiger partial charge in [0.1, 0.15) is 0 Å². The van der Waals surface area contributed by atoms with Crippen molar-refractivity contribution in [2.75, 3.05) is 24.2 Å². The van der Waals surface area contributed by atoms with Crippen LogP contribution in [0.1, 0.15) is 29.6 Å². The molecule has 3 rings (SSSR count). The predicted octanol–water partition coefficient (Wildman–Crippen LogP) is 4.04. The number of hydrogen-bond acceptors (Lipinski definition) is 3. The summed E-state index contributed by atoms with van der Waals surface area (Å²) in [7, 11) is 0. The molecular formula is C20H22N2O2S. The van der Waals surface area contributed by atoms with E-state index >= 15 is 0 Å². The van der Waals surface area contributed by atoms with E-state index in [0.717, 1.165) is 36.6 Å². The van der Waals surface area contributed by atoms with E-state index in [1.807, 2.05) is 53.4 Å². The standard InChI is InChI=1S/C20H22N2O2S/c23-19(11-14-25-18-9-2-1-3-10-18)21-17-8-6-7-16(15-17)20(24)22-12-4-5-13-22/h1-3,6-10,15H,4-5,11-14H2,(H,21,23). The first-order chi connectivity index (χ1) is 12.2. The molecule has 1 aliphatic rings. The second-order valence-electron chi connectivity index (χ2n) is 6.04. The van der Waals surface area contributed by atoms with Gasteiger partial charge in [-0.25, -0.2) is 0 Å². The Morgan fingerprint density at radius 3 is 2.52 bits per heavy atom. The number of nitrogens with zero attached hydrogens (tertiary/aromatic N) is 1. The largest absolute Gasteiger partial charge is 0.339 e. The van der Waals surface area contributed by atoms with E-state index < -0.39 is 0 Å². The number of hydrogen-bond donors (Lipinski definition) is 1. The van der Waals surface area contributed by atoms with Crippen LogP contribution in [-0.2, 0) is 4.79 Å². The second-order valence-corrected chi connectivity index (χ2v) is 7.21. The van der Waals surface area contributed by atoms with Gasteiger partial charge in [0.2, 0.25) is 5.91 Å². The van der Waals surface area contributed by atoms with Crippen molar-refractivity contribution in [2.45, 2.75) is 24.2 Å². The molecule has 2 aromatic rings. The van der Waals surface area contributed by atoms with Crippen LogP contribution in [0.2, 0.25) is 0 Å². The highest BCUT2D eigenvalue weighted by Gasteiger charge is 2.19. The van der Waals surface area contributed by atoms with Crippen molar-refractivity contribution in [1.29, 1.82) is 0 Å². The van der Waals surface area contributed by atoms with Gasteiger partial charge in [0.05, 0.1) is 0 Å². The summed E-state index contributed by atoms with van der Waals surface area (Å²) in [4.78, 5) is 27.6. The second kappa shape index (κ2) is 8.72. The van der Waals surface area contributed by atoms with Crippen LogP contribution in [0.4, 0.5) is 5.69 Å². The monoisotopic (exact) mass is 354 g/mol. The van der Waals surface area contributed by atoms with E-state index in [1.54, 1.807) is 17.8 Å². The number of nitrogens with one attached hydrogen (secondary N) is 1. The number of rotatable bonds is 6. The summed E-state index contributed by atoms with van der Waals surface area (Å²) >= 11 is 1.66. The summed E-state index contributed by atoms with van der Waals surface area (Å²) in [5.74, 6) is 0.741. The highest BCUT2D eigenvalue weighted by molar-refractivity contribution is 7.99. The molecule has 2 amide bonds. The van der Waals surface area contributed by atoms with Gasteiger partial charge >= 0.3 is 0 Å². The lowest BCUT2D eigenvalue weighted by atomic mass is 10.1. The van der Waals surface area contributed by atoms with E-state index in [4.69, 9.17) is 0 Å². The third-order valence-corrected chi connectivity index (χ3v) is 5.14.